The molecule has 0 heterocycles. The zero-order chi connectivity index (χ0) is 15.0. The van der Waals surface area contributed by atoms with E-state index in [9.17, 15) is 4.79 Å². The third-order valence-electron chi connectivity index (χ3n) is 2.51. The quantitative estimate of drug-likeness (QED) is 0.191. The van der Waals surface area contributed by atoms with E-state index in [1.807, 2.05) is 31.1 Å². The Labute approximate surface area is 117 Å². The molecule has 0 fully saturated rings. The van der Waals surface area contributed by atoms with Crippen molar-refractivity contribution in [1.29, 1.82) is 0 Å². The van der Waals surface area contributed by atoms with E-state index in [4.69, 9.17) is 11.7 Å². The van der Waals surface area contributed by atoms with Gasteiger partial charge in [-0.3, -0.25) is 10.2 Å². The summed E-state index contributed by atoms with van der Waals surface area (Å²) in [5.41, 5.74) is 6.32. The number of hydrazone groups is 2. The van der Waals surface area contributed by atoms with Crippen molar-refractivity contribution in [2.75, 3.05) is 19.0 Å². The number of carbonyl (C=O) groups is 1. The van der Waals surface area contributed by atoms with Gasteiger partial charge in [-0.15, -0.1) is 5.10 Å². The Morgan fingerprint density at radius 2 is 2.00 bits per heavy atom. The maximum Gasteiger partial charge on any atom is 0.248 e. The van der Waals surface area contributed by atoms with Crippen LogP contribution in [0.15, 0.2) is 34.5 Å². The van der Waals surface area contributed by atoms with Gasteiger partial charge < -0.3 is 10.7 Å². The van der Waals surface area contributed by atoms with Gasteiger partial charge in [-0.1, -0.05) is 0 Å². The lowest BCUT2D eigenvalue weighted by Gasteiger charge is -2.12. The first-order valence-electron chi connectivity index (χ1n) is 5.91. The summed E-state index contributed by atoms with van der Waals surface area (Å²) in [4.78, 5) is 13.8. The highest BCUT2D eigenvalue weighted by atomic mass is 16.1. The zero-order valence-corrected chi connectivity index (χ0v) is 11.5. The molecule has 0 atom stereocenters. The molecule has 0 aromatic heterocycles. The number of Topliss-reactive ketones (excluding diaryl/α,β-unsaturated/α-hetero) is 1. The van der Waals surface area contributed by atoms with Gasteiger partial charge in [0.2, 0.25) is 5.96 Å². The van der Waals surface area contributed by atoms with Crippen molar-refractivity contribution in [3.8, 4) is 0 Å². The molecule has 1 rings (SSSR count). The number of guanidine groups is 1. The van der Waals surface area contributed by atoms with Crippen LogP contribution in [0, 0.1) is 0 Å². The molecule has 0 aliphatic carbocycles. The van der Waals surface area contributed by atoms with Gasteiger partial charge in [0.15, 0.2) is 5.78 Å². The van der Waals surface area contributed by atoms with E-state index >= 15 is 0 Å². The highest BCUT2D eigenvalue weighted by Gasteiger charge is 2.04. The van der Waals surface area contributed by atoms with Crippen molar-refractivity contribution in [2.45, 2.75) is 6.42 Å². The minimum Gasteiger partial charge on any atom is -0.378 e. The van der Waals surface area contributed by atoms with Gasteiger partial charge in [0.05, 0.1) is 0 Å². The molecule has 0 unspecified atom stereocenters. The number of benzene rings is 1. The van der Waals surface area contributed by atoms with E-state index in [1.54, 1.807) is 12.1 Å². The first-order chi connectivity index (χ1) is 9.58. The van der Waals surface area contributed by atoms with Gasteiger partial charge in [-0.25, -0.2) is 11.3 Å². The average Bonchev–Trinajstić information content (AvgIpc) is 2.47. The number of nitrogens with two attached hydrogens (primary N) is 2. The topological polar surface area (TPSA) is 121 Å². The molecule has 6 N–H and O–H groups in total. The van der Waals surface area contributed by atoms with E-state index in [0.29, 0.717) is 5.56 Å². The molecule has 0 amide bonds. The van der Waals surface area contributed by atoms with Gasteiger partial charge in [-0.05, 0) is 24.3 Å². The highest BCUT2D eigenvalue weighted by molar-refractivity contribution is 6.03. The summed E-state index contributed by atoms with van der Waals surface area (Å²) in [6.07, 6.45) is 1.58. The van der Waals surface area contributed by atoms with Crippen LogP contribution in [0.3, 0.4) is 0 Å². The molecule has 108 valence electrons. The van der Waals surface area contributed by atoms with Crippen LogP contribution in [0.2, 0.25) is 0 Å². The number of ketones is 1. The van der Waals surface area contributed by atoms with Crippen molar-refractivity contribution in [2.24, 2.45) is 21.9 Å². The third-order valence-corrected chi connectivity index (χ3v) is 2.51. The molecule has 0 aliphatic heterocycles. The number of nitrogens with one attached hydrogen (secondary N) is 2. The second-order valence-electron chi connectivity index (χ2n) is 4.11. The maximum absolute atomic E-state index is 11.9. The summed E-state index contributed by atoms with van der Waals surface area (Å²) in [7, 11) is 3.88. The Kier molecular flexibility index (Phi) is 5.98. The van der Waals surface area contributed by atoms with E-state index in [-0.39, 0.29) is 18.2 Å². The van der Waals surface area contributed by atoms with E-state index < -0.39 is 0 Å². The van der Waals surface area contributed by atoms with Crippen LogP contribution < -0.4 is 27.4 Å². The number of hydrogen-bond donors (Lipinski definition) is 4. The van der Waals surface area contributed by atoms with Crippen molar-refractivity contribution in [3.63, 3.8) is 0 Å². The van der Waals surface area contributed by atoms with Gasteiger partial charge in [0.25, 0.3) is 0 Å². The Hall–Kier alpha value is -2.61. The van der Waals surface area contributed by atoms with Crippen LogP contribution >= 0.6 is 0 Å². The van der Waals surface area contributed by atoms with E-state index in [2.05, 4.69) is 21.1 Å². The van der Waals surface area contributed by atoms with Crippen LogP contribution in [0.25, 0.3) is 0 Å². The molecule has 0 spiro atoms. The molecule has 8 heteroatoms. The summed E-state index contributed by atoms with van der Waals surface area (Å²) >= 11 is 0. The van der Waals surface area contributed by atoms with Crippen LogP contribution in [0.1, 0.15) is 16.8 Å². The SMILES string of the molecule is CN(C)c1ccc(C(=O)C/C=N/N/C(=N/N)NN)cc1. The average molecular weight is 277 g/mol. The second-order valence-corrected chi connectivity index (χ2v) is 4.11. The van der Waals surface area contributed by atoms with Gasteiger partial charge in [0, 0.05) is 38.0 Å². The van der Waals surface area contributed by atoms with Crippen LogP contribution in [-0.2, 0) is 0 Å². The zero-order valence-electron chi connectivity index (χ0n) is 11.5. The summed E-state index contributed by atoms with van der Waals surface area (Å²) in [5, 5.41) is 7.04. The molecule has 1 aromatic carbocycles. The van der Waals surface area contributed by atoms with E-state index in [1.165, 1.54) is 6.21 Å². The van der Waals surface area contributed by atoms with Crippen molar-refractivity contribution < 1.29 is 4.79 Å². The Balaban J connectivity index is 2.52. The van der Waals surface area contributed by atoms with Crippen molar-refractivity contribution in [1.82, 2.24) is 10.9 Å². The van der Waals surface area contributed by atoms with Crippen LogP contribution in [0.4, 0.5) is 5.69 Å². The number of hydrazine groups is 1. The Bertz CT molecular complexity index is 493. The highest BCUT2D eigenvalue weighted by Crippen LogP contribution is 2.13. The van der Waals surface area contributed by atoms with Crippen LogP contribution in [-0.4, -0.2) is 32.1 Å². The predicted octanol–water partition coefficient (Wildman–Crippen LogP) is -0.406. The number of anilines is 1. The third kappa shape index (κ3) is 4.58. The van der Waals surface area contributed by atoms with Gasteiger partial charge in [0.1, 0.15) is 0 Å². The van der Waals surface area contributed by atoms with Crippen molar-refractivity contribution in [3.05, 3.63) is 29.8 Å². The van der Waals surface area contributed by atoms with E-state index in [0.717, 1.165) is 5.69 Å². The Morgan fingerprint density at radius 3 is 2.50 bits per heavy atom. The monoisotopic (exact) mass is 277 g/mol. The number of rotatable bonds is 5. The van der Waals surface area contributed by atoms with Crippen molar-refractivity contribution >= 4 is 23.6 Å². The van der Waals surface area contributed by atoms with Gasteiger partial charge in [-0.2, -0.15) is 5.10 Å². The smallest absolute Gasteiger partial charge is 0.248 e. The number of hydrogen-bond acceptors (Lipinski definition) is 6. The maximum atomic E-state index is 11.9. The lowest BCUT2D eigenvalue weighted by molar-refractivity contribution is 0.100. The number of carbonyl (C=O) groups excluding carboxylic acids is 1. The molecular weight excluding hydrogens is 258 g/mol. The predicted molar refractivity (Wildman–Crippen MR) is 80.3 cm³/mol. The molecule has 8 nitrogen and oxygen atoms in total. The molecule has 0 radical (unpaired) electrons. The Morgan fingerprint density at radius 1 is 1.35 bits per heavy atom. The fourth-order valence-electron chi connectivity index (χ4n) is 1.40. The lowest BCUT2D eigenvalue weighted by Crippen LogP contribution is -2.39. The lowest BCUT2D eigenvalue weighted by atomic mass is 10.1. The first-order valence-corrected chi connectivity index (χ1v) is 5.91. The summed E-state index contributed by atoms with van der Waals surface area (Å²) in [6.45, 7) is 0. The summed E-state index contributed by atoms with van der Waals surface area (Å²) in [5.74, 6) is 10.1. The standard InChI is InChI=1S/C12H19N7O/c1-19(2)10-5-3-9(4-6-10)11(20)7-8-15-18-12(16-13)17-14/h3-6,8H,7,13-14H2,1-2H3,(H2,16,17,18)/b15-8+. The molecule has 0 bridgehead atoms. The first kappa shape index (κ1) is 15.4. The number of nitrogens with zero attached hydrogens (tertiary/aromatic N) is 3. The minimum atomic E-state index is -0.0344. The molecule has 0 saturated heterocycles. The summed E-state index contributed by atoms with van der Waals surface area (Å²) in [6, 6.07) is 7.35. The molecule has 0 aliphatic rings. The minimum absolute atomic E-state index is 0.0344. The second kappa shape index (κ2) is 7.74. The fourth-order valence-corrected chi connectivity index (χ4v) is 1.40. The van der Waals surface area contributed by atoms with Crippen LogP contribution in [0.5, 0.6) is 0 Å². The fraction of sp³-hybridized carbons (Fsp3) is 0.250. The largest absolute Gasteiger partial charge is 0.378 e. The molecular formula is C12H19N7O. The van der Waals surface area contributed by atoms with Gasteiger partial charge >= 0.3 is 0 Å². The molecule has 0 saturated carbocycles. The summed E-state index contributed by atoms with van der Waals surface area (Å²) < 4.78 is 0. The molecule has 20 heavy (non-hydrogen) atoms. The normalized spacial score (nSPS) is 11.4. The molecule has 1 aromatic rings.